The van der Waals surface area contributed by atoms with E-state index in [0.717, 1.165) is 24.2 Å². The Labute approximate surface area is 92.3 Å². The van der Waals surface area contributed by atoms with Crippen molar-refractivity contribution in [1.29, 1.82) is 0 Å². The summed E-state index contributed by atoms with van der Waals surface area (Å²) in [6, 6.07) is 1.94. The Bertz CT molecular complexity index is 489. The average molecular weight is 223 g/mol. The molecule has 0 atom stereocenters. The van der Waals surface area contributed by atoms with E-state index in [4.69, 9.17) is 11.6 Å². The Hall–Kier alpha value is -1.29. The van der Waals surface area contributed by atoms with Crippen LogP contribution in [0, 0.1) is 0 Å². The summed E-state index contributed by atoms with van der Waals surface area (Å²) in [6.45, 7) is 0. The predicted octanol–water partition coefficient (Wildman–Crippen LogP) is 1.91. The van der Waals surface area contributed by atoms with Gasteiger partial charge in [0.1, 0.15) is 5.52 Å². The topological polar surface area (TPSA) is 42.2 Å². The summed E-state index contributed by atoms with van der Waals surface area (Å²) >= 11 is 5.92. The lowest BCUT2D eigenvalue weighted by atomic mass is 10.3. The minimum Gasteiger partial charge on any atom is -0.362 e. The highest BCUT2D eigenvalue weighted by Gasteiger charge is 2.42. The van der Waals surface area contributed by atoms with Gasteiger partial charge in [-0.1, -0.05) is 0 Å². The molecule has 0 radical (unpaired) electrons. The number of hydrogen-bond acceptors (Lipinski definition) is 3. The van der Waals surface area contributed by atoms with Crippen molar-refractivity contribution in [2.24, 2.45) is 0 Å². The number of nitrogens with zero attached hydrogens (tertiary/aromatic N) is 3. The summed E-state index contributed by atoms with van der Waals surface area (Å²) in [7, 11) is 0. The van der Waals surface area contributed by atoms with Gasteiger partial charge in [0.05, 0.1) is 11.7 Å². The number of alkyl halides is 1. The maximum absolute atomic E-state index is 5.92. The Morgan fingerprint density at radius 1 is 1.47 bits per heavy atom. The molecule has 1 saturated carbocycles. The first-order chi connectivity index (χ1) is 7.33. The van der Waals surface area contributed by atoms with Crippen molar-refractivity contribution in [3.05, 3.63) is 24.7 Å². The summed E-state index contributed by atoms with van der Waals surface area (Å²) < 4.78 is 1.81. The minimum atomic E-state index is 0.0701. The van der Waals surface area contributed by atoms with Gasteiger partial charge >= 0.3 is 0 Å². The molecule has 15 heavy (non-hydrogen) atoms. The Kier molecular flexibility index (Phi) is 1.85. The highest BCUT2D eigenvalue weighted by atomic mass is 35.5. The van der Waals surface area contributed by atoms with Gasteiger partial charge in [0.2, 0.25) is 0 Å². The molecular weight excluding hydrogens is 212 g/mol. The third-order valence-corrected chi connectivity index (χ3v) is 3.33. The first kappa shape index (κ1) is 8.97. The molecule has 0 bridgehead atoms. The fourth-order valence-corrected chi connectivity index (χ4v) is 1.98. The van der Waals surface area contributed by atoms with Gasteiger partial charge in [0, 0.05) is 18.3 Å². The van der Waals surface area contributed by atoms with E-state index in [2.05, 4.69) is 15.4 Å². The van der Waals surface area contributed by atoms with Gasteiger partial charge in [-0.15, -0.1) is 11.6 Å². The van der Waals surface area contributed by atoms with E-state index in [1.54, 1.807) is 16.9 Å². The molecule has 0 unspecified atom stereocenters. The van der Waals surface area contributed by atoms with Crippen molar-refractivity contribution >= 4 is 22.9 Å². The molecule has 1 aliphatic carbocycles. The Morgan fingerprint density at radius 2 is 2.33 bits per heavy atom. The third kappa shape index (κ3) is 1.45. The van der Waals surface area contributed by atoms with Gasteiger partial charge in [-0.2, -0.15) is 5.10 Å². The van der Waals surface area contributed by atoms with Gasteiger partial charge in [0.25, 0.3) is 0 Å². The van der Waals surface area contributed by atoms with Crippen LogP contribution in [0.3, 0.4) is 0 Å². The second-order valence-corrected chi connectivity index (χ2v) is 4.24. The molecule has 0 aromatic carbocycles. The minimum absolute atomic E-state index is 0.0701. The summed E-state index contributed by atoms with van der Waals surface area (Å²) in [5, 5.41) is 7.56. The van der Waals surface area contributed by atoms with Crippen LogP contribution in [0.2, 0.25) is 0 Å². The van der Waals surface area contributed by atoms with Crippen LogP contribution in [0.15, 0.2) is 24.7 Å². The lowest BCUT2D eigenvalue weighted by Crippen LogP contribution is -2.24. The van der Waals surface area contributed by atoms with E-state index in [0.29, 0.717) is 5.88 Å². The van der Waals surface area contributed by atoms with Crippen molar-refractivity contribution < 1.29 is 0 Å². The van der Waals surface area contributed by atoms with E-state index >= 15 is 0 Å². The second-order valence-electron chi connectivity index (χ2n) is 3.98. The van der Waals surface area contributed by atoms with Crippen LogP contribution in [-0.4, -0.2) is 26.0 Å². The fourth-order valence-electron chi connectivity index (χ4n) is 1.65. The van der Waals surface area contributed by atoms with E-state index in [-0.39, 0.29) is 5.54 Å². The zero-order chi connectivity index (χ0) is 10.3. The van der Waals surface area contributed by atoms with Gasteiger partial charge in [-0.05, 0) is 18.9 Å². The van der Waals surface area contributed by atoms with E-state index in [1.165, 1.54) is 0 Å². The largest absolute Gasteiger partial charge is 0.362 e. The average Bonchev–Trinajstić information content (AvgIpc) is 2.87. The molecule has 5 heteroatoms. The van der Waals surface area contributed by atoms with Crippen LogP contribution >= 0.6 is 11.6 Å². The fraction of sp³-hybridized carbons (Fsp3) is 0.400. The van der Waals surface area contributed by atoms with E-state index in [9.17, 15) is 0 Å². The lowest BCUT2D eigenvalue weighted by molar-refractivity contribution is 0.825. The molecule has 0 saturated heterocycles. The number of nitrogens with one attached hydrogen (secondary N) is 1. The molecule has 1 N–H and O–H groups in total. The molecule has 1 aliphatic rings. The summed E-state index contributed by atoms with van der Waals surface area (Å²) in [5.74, 6) is 1.50. The number of rotatable bonds is 3. The molecule has 0 spiro atoms. The zero-order valence-corrected chi connectivity index (χ0v) is 8.91. The normalized spacial score (nSPS) is 17.9. The maximum atomic E-state index is 5.92. The van der Waals surface area contributed by atoms with Gasteiger partial charge in [-0.3, -0.25) is 0 Å². The number of fused-ring (bicyclic) bond motifs is 1. The van der Waals surface area contributed by atoms with Crippen LogP contribution in [-0.2, 0) is 0 Å². The third-order valence-electron chi connectivity index (χ3n) is 2.82. The first-order valence-corrected chi connectivity index (χ1v) is 5.49. The standard InChI is InChI=1S/C10H11ClN4/c11-7-10(2-3-10)14-9-8-1-4-13-15(8)6-5-12-9/h1,4-6H,2-3,7H2,(H,12,14). The van der Waals surface area contributed by atoms with E-state index in [1.807, 2.05) is 12.3 Å². The number of halogens is 1. The number of aromatic nitrogens is 3. The quantitative estimate of drug-likeness (QED) is 0.807. The van der Waals surface area contributed by atoms with Gasteiger partial charge < -0.3 is 5.32 Å². The van der Waals surface area contributed by atoms with E-state index < -0.39 is 0 Å². The first-order valence-electron chi connectivity index (χ1n) is 4.96. The SMILES string of the molecule is ClCC1(Nc2nccn3nccc23)CC1. The zero-order valence-electron chi connectivity index (χ0n) is 8.15. The lowest BCUT2D eigenvalue weighted by Gasteiger charge is -2.14. The highest BCUT2D eigenvalue weighted by molar-refractivity contribution is 6.19. The molecule has 0 amide bonds. The number of hydrogen-bond donors (Lipinski definition) is 1. The molecule has 1 fully saturated rings. The molecule has 2 heterocycles. The smallest absolute Gasteiger partial charge is 0.152 e. The van der Waals surface area contributed by atoms with Crippen LogP contribution in [0.5, 0.6) is 0 Å². The monoisotopic (exact) mass is 222 g/mol. The van der Waals surface area contributed by atoms with Crippen LogP contribution in [0.25, 0.3) is 5.52 Å². The molecule has 0 aliphatic heterocycles. The number of anilines is 1. The van der Waals surface area contributed by atoms with Gasteiger partial charge in [-0.25, -0.2) is 9.50 Å². The second kappa shape index (κ2) is 3.10. The van der Waals surface area contributed by atoms with Gasteiger partial charge in [0.15, 0.2) is 5.82 Å². The molecule has 3 rings (SSSR count). The van der Waals surface area contributed by atoms with Crippen molar-refractivity contribution in [3.8, 4) is 0 Å². The van der Waals surface area contributed by atoms with Crippen LogP contribution < -0.4 is 5.32 Å². The Morgan fingerprint density at radius 3 is 3.07 bits per heavy atom. The van der Waals surface area contributed by atoms with Crippen molar-refractivity contribution in [3.63, 3.8) is 0 Å². The van der Waals surface area contributed by atoms with Crippen LogP contribution in [0.4, 0.5) is 5.82 Å². The Balaban J connectivity index is 2.00. The highest BCUT2D eigenvalue weighted by Crippen LogP contribution is 2.40. The molecule has 4 nitrogen and oxygen atoms in total. The molecular formula is C10H11ClN4. The van der Waals surface area contributed by atoms with Crippen molar-refractivity contribution in [1.82, 2.24) is 14.6 Å². The molecule has 78 valence electrons. The summed E-state index contributed by atoms with van der Waals surface area (Å²) in [4.78, 5) is 4.32. The van der Waals surface area contributed by atoms with Crippen molar-refractivity contribution in [2.75, 3.05) is 11.2 Å². The summed E-state index contributed by atoms with van der Waals surface area (Å²) in [5.41, 5.74) is 1.06. The predicted molar refractivity (Wildman–Crippen MR) is 59.3 cm³/mol. The maximum Gasteiger partial charge on any atom is 0.152 e. The molecule has 2 aromatic rings. The molecule has 2 aromatic heterocycles. The van der Waals surface area contributed by atoms with Crippen LogP contribution in [0.1, 0.15) is 12.8 Å². The summed E-state index contributed by atoms with van der Waals surface area (Å²) in [6.07, 6.45) is 7.58. The van der Waals surface area contributed by atoms with Crippen molar-refractivity contribution in [2.45, 2.75) is 18.4 Å².